The number of aliphatic hydroxyl groups excluding tert-OH is 2. The van der Waals surface area contributed by atoms with Crippen molar-refractivity contribution >= 4 is 6.08 Å². The lowest BCUT2D eigenvalue weighted by molar-refractivity contribution is -0.318. The summed E-state index contributed by atoms with van der Waals surface area (Å²) in [4.78, 5) is 26.1. The van der Waals surface area contributed by atoms with E-state index < -0.39 is 42.0 Å². The Labute approximate surface area is 169 Å². The van der Waals surface area contributed by atoms with Gasteiger partial charge in [-0.15, -0.1) is 5.06 Å². The van der Waals surface area contributed by atoms with E-state index in [9.17, 15) is 34.5 Å². The van der Waals surface area contributed by atoms with Crippen molar-refractivity contribution in [1.29, 1.82) is 0 Å². The molecule has 30 heavy (non-hydrogen) atoms. The zero-order valence-electron chi connectivity index (χ0n) is 16.0. The summed E-state index contributed by atoms with van der Waals surface area (Å²) in [7, 11) is 0. The van der Waals surface area contributed by atoms with Crippen LogP contribution >= 0.6 is 0 Å². The Kier molecular flexibility index (Phi) is 6.31. The van der Waals surface area contributed by atoms with Crippen LogP contribution < -0.4 is 11.2 Å². The van der Waals surface area contributed by atoms with Crippen LogP contribution in [0.5, 0.6) is 0 Å². The van der Waals surface area contributed by atoms with Crippen LogP contribution in [0.4, 0.5) is 4.39 Å². The maximum absolute atomic E-state index is 12.6. The quantitative estimate of drug-likeness (QED) is 0.312. The smallest absolute Gasteiger partial charge is 0.330 e. The predicted octanol–water partition coefficient (Wildman–Crippen LogP) is -0.384. The maximum Gasteiger partial charge on any atom is 0.330 e. The summed E-state index contributed by atoms with van der Waals surface area (Å²) < 4.78 is 18.7. The fraction of sp³-hybridized carbons (Fsp3) is 0.368. The number of ether oxygens (including phenoxy) is 1. The molecule has 1 saturated heterocycles. The zero-order valence-corrected chi connectivity index (χ0v) is 16.0. The molecule has 1 aliphatic heterocycles. The molecule has 5 N–H and O–H groups in total. The van der Waals surface area contributed by atoms with E-state index >= 15 is 0 Å². The van der Waals surface area contributed by atoms with Gasteiger partial charge in [0.15, 0.2) is 6.23 Å². The highest BCUT2D eigenvalue weighted by atomic mass is 19.1. The van der Waals surface area contributed by atoms with Gasteiger partial charge in [0.25, 0.3) is 5.56 Å². The van der Waals surface area contributed by atoms with Crippen LogP contribution in [-0.4, -0.2) is 59.7 Å². The van der Waals surface area contributed by atoms with Gasteiger partial charge in [-0.3, -0.25) is 14.3 Å². The van der Waals surface area contributed by atoms with Crippen molar-refractivity contribution in [3.63, 3.8) is 0 Å². The predicted molar refractivity (Wildman–Crippen MR) is 102 cm³/mol. The van der Waals surface area contributed by atoms with E-state index in [1.54, 1.807) is 24.3 Å². The standard InChI is InChI=1S/C19H22FN3O7/c1-11-2-4-12(5-3-11)8-23(29)19(28)15(25)14(10-24)30-17(19)22-9-13(6-7-20)16(26)21-18(22)27/h2-7,9,14-15,17,24-25,28-29H,8,10H2,1H3,(H,21,26,27)/b7-6+/t14-,15-,17?,19-/m1/s1. The van der Waals surface area contributed by atoms with Gasteiger partial charge in [-0.1, -0.05) is 29.8 Å². The average Bonchev–Trinajstić information content (AvgIpc) is 2.97. The fourth-order valence-electron chi connectivity index (χ4n) is 3.31. The lowest BCUT2D eigenvalue weighted by atomic mass is 10.0. The van der Waals surface area contributed by atoms with E-state index in [4.69, 9.17) is 4.74 Å². The van der Waals surface area contributed by atoms with Gasteiger partial charge in [-0.25, -0.2) is 9.18 Å². The number of H-pyrrole nitrogens is 1. The van der Waals surface area contributed by atoms with Crippen molar-refractivity contribution in [2.24, 2.45) is 0 Å². The largest absolute Gasteiger partial charge is 0.394 e. The number of aliphatic hydroxyl groups is 3. The summed E-state index contributed by atoms with van der Waals surface area (Å²) in [6.45, 7) is 0.880. The maximum atomic E-state index is 12.6. The van der Waals surface area contributed by atoms with Crippen LogP contribution in [0, 0.1) is 6.92 Å². The normalized spacial score (nSPS) is 26.7. The van der Waals surface area contributed by atoms with Crippen LogP contribution in [0.1, 0.15) is 22.9 Å². The summed E-state index contributed by atoms with van der Waals surface area (Å²) in [6.07, 6.45) is -3.14. The van der Waals surface area contributed by atoms with Gasteiger partial charge in [0, 0.05) is 6.20 Å². The first-order valence-electron chi connectivity index (χ1n) is 9.03. The molecule has 0 spiro atoms. The van der Waals surface area contributed by atoms with Crippen LogP contribution in [0.15, 0.2) is 46.4 Å². The Hall–Kier alpha value is -2.67. The molecule has 0 aliphatic carbocycles. The highest BCUT2D eigenvalue weighted by Crippen LogP contribution is 2.40. The number of hydrogen-bond acceptors (Lipinski definition) is 8. The highest BCUT2D eigenvalue weighted by Gasteiger charge is 2.60. The second-order valence-corrected chi connectivity index (χ2v) is 7.02. The number of hydrogen-bond donors (Lipinski definition) is 5. The van der Waals surface area contributed by atoms with E-state index in [0.29, 0.717) is 15.2 Å². The van der Waals surface area contributed by atoms with Crippen LogP contribution in [0.2, 0.25) is 0 Å². The molecule has 162 valence electrons. The van der Waals surface area contributed by atoms with Gasteiger partial charge in [0.2, 0.25) is 5.72 Å². The summed E-state index contributed by atoms with van der Waals surface area (Å²) in [5.41, 5.74) is -3.23. The van der Waals surface area contributed by atoms with Gasteiger partial charge < -0.3 is 25.3 Å². The Balaban J connectivity index is 2.06. The van der Waals surface area contributed by atoms with Crippen LogP contribution in [0.3, 0.4) is 0 Å². The number of halogens is 1. The Morgan fingerprint density at radius 2 is 2.00 bits per heavy atom. The third-order valence-corrected chi connectivity index (χ3v) is 4.99. The van der Waals surface area contributed by atoms with Crippen molar-refractivity contribution in [3.05, 3.63) is 74.3 Å². The molecule has 11 heteroatoms. The number of hydroxylamine groups is 2. The van der Waals surface area contributed by atoms with E-state index in [2.05, 4.69) is 0 Å². The molecule has 3 rings (SSSR count). The second kappa shape index (κ2) is 8.60. The molecule has 1 unspecified atom stereocenters. The molecule has 1 aliphatic rings. The summed E-state index contributed by atoms with van der Waals surface area (Å²) >= 11 is 0. The Morgan fingerprint density at radius 1 is 1.33 bits per heavy atom. The summed E-state index contributed by atoms with van der Waals surface area (Å²) in [5.74, 6) is 0. The lowest BCUT2D eigenvalue weighted by Gasteiger charge is -2.37. The van der Waals surface area contributed by atoms with Crippen molar-refractivity contribution in [2.75, 3.05) is 6.61 Å². The van der Waals surface area contributed by atoms with Crippen molar-refractivity contribution < 1.29 is 29.7 Å². The van der Waals surface area contributed by atoms with Crippen molar-refractivity contribution in [3.8, 4) is 0 Å². The lowest BCUT2D eigenvalue weighted by Crippen LogP contribution is -2.59. The highest BCUT2D eigenvalue weighted by molar-refractivity contribution is 5.44. The Bertz CT molecular complexity index is 1040. The third-order valence-electron chi connectivity index (χ3n) is 4.99. The monoisotopic (exact) mass is 423 g/mol. The number of nitrogens with zero attached hydrogens (tertiary/aromatic N) is 2. The van der Waals surface area contributed by atoms with Crippen molar-refractivity contribution in [1.82, 2.24) is 14.6 Å². The summed E-state index contributed by atoms with van der Waals surface area (Å²) in [6, 6.07) is 6.95. The van der Waals surface area contributed by atoms with Gasteiger partial charge in [0.05, 0.1) is 25.0 Å². The summed E-state index contributed by atoms with van der Waals surface area (Å²) in [5, 5.41) is 42.3. The fourth-order valence-corrected chi connectivity index (χ4v) is 3.31. The topological polar surface area (TPSA) is 148 Å². The molecule has 2 aromatic rings. The number of aryl methyl sites for hydroxylation is 1. The second-order valence-electron chi connectivity index (χ2n) is 7.02. The number of benzene rings is 1. The molecule has 10 nitrogen and oxygen atoms in total. The number of rotatable bonds is 6. The SMILES string of the molecule is Cc1ccc(CN(O)[C@]2(O)C(n3cc(/C=C/F)c(=O)[nH]c3=O)O[C@H](CO)[C@H]2O)cc1. The Morgan fingerprint density at radius 3 is 2.60 bits per heavy atom. The molecule has 4 atom stereocenters. The zero-order chi connectivity index (χ0) is 22.1. The van der Waals surface area contributed by atoms with Gasteiger partial charge >= 0.3 is 5.69 Å². The van der Waals surface area contributed by atoms with Crippen LogP contribution in [0.25, 0.3) is 6.08 Å². The minimum Gasteiger partial charge on any atom is -0.394 e. The first-order chi connectivity index (χ1) is 14.2. The van der Waals surface area contributed by atoms with Gasteiger partial charge in [0.1, 0.15) is 12.2 Å². The molecular formula is C19H22FN3O7. The number of aromatic nitrogens is 2. The van der Waals surface area contributed by atoms with E-state index in [0.717, 1.165) is 17.8 Å². The minimum absolute atomic E-state index is 0.0855. The molecule has 1 aromatic heterocycles. The number of aromatic amines is 1. The van der Waals surface area contributed by atoms with E-state index in [1.165, 1.54) is 0 Å². The minimum atomic E-state index is -2.59. The third kappa shape index (κ3) is 3.86. The molecule has 0 amide bonds. The molecular weight excluding hydrogens is 401 g/mol. The molecule has 0 bridgehead atoms. The molecule has 2 heterocycles. The van der Waals surface area contributed by atoms with Gasteiger partial charge in [-0.05, 0) is 18.6 Å². The van der Waals surface area contributed by atoms with E-state index in [-0.39, 0.29) is 18.4 Å². The molecule has 1 fully saturated rings. The first-order valence-corrected chi connectivity index (χ1v) is 9.03. The van der Waals surface area contributed by atoms with E-state index in [1.807, 2.05) is 11.9 Å². The molecule has 0 saturated carbocycles. The van der Waals surface area contributed by atoms with Crippen molar-refractivity contribution in [2.45, 2.75) is 37.6 Å². The van der Waals surface area contributed by atoms with Crippen LogP contribution in [-0.2, 0) is 11.3 Å². The molecule has 1 aromatic carbocycles. The number of nitrogens with one attached hydrogen (secondary N) is 1. The molecule has 0 radical (unpaired) electrons. The van der Waals surface area contributed by atoms with Gasteiger partial charge in [-0.2, -0.15) is 0 Å². The first kappa shape index (κ1) is 22.0. The average molecular weight is 423 g/mol.